The Morgan fingerprint density at radius 3 is 2.22 bits per heavy atom. The van der Waals surface area contributed by atoms with Gasteiger partial charge in [-0.1, -0.05) is 17.7 Å². The predicted octanol–water partition coefficient (Wildman–Crippen LogP) is 2.63. The number of hydrogen-bond donors (Lipinski definition) is 0. The Morgan fingerprint density at radius 1 is 1.00 bits per heavy atom. The summed E-state index contributed by atoms with van der Waals surface area (Å²) in [7, 11) is 0. The van der Waals surface area contributed by atoms with Crippen molar-refractivity contribution in [2.45, 2.75) is 13.3 Å². The van der Waals surface area contributed by atoms with Crippen molar-refractivity contribution >= 4 is 23.4 Å². The van der Waals surface area contributed by atoms with Gasteiger partial charge in [-0.2, -0.15) is 0 Å². The van der Waals surface area contributed by atoms with Crippen molar-refractivity contribution in [3.05, 3.63) is 29.3 Å². The fourth-order valence-electron chi connectivity index (χ4n) is 3.79. The van der Waals surface area contributed by atoms with E-state index in [1.807, 2.05) is 30.0 Å². The lowest BCUT2D eigenvalue weighted by molar-refractivity contribution is 0.0783. The largest absolute Gasteiger partial charge is 0.450 e. The third-order valence-electron chi connectivity index (χ3n) is 5.39. The molecule has 7 heteroatoms. The maximum Gasteiger partial charge on any atom is 0.409 e. The van der Waals surface area contributed by atoms with Gasteiger partial charge in [-0.05, 0) is 44.6 Å². The minimum absolute atomic E-state index is 0.172. The zero-order valence-corrected chi connectivity index (χ0v) is 17.0. The number of amides is 1. The van der Waals surface area contributed by atoms with Gasteiger partial charge in [-0.25, -0.2) is 4.79 Å². The highest BCUT2D eigenvalue weighted by Crippen LogP contribution is 2.20. The lowest BCUT2D eigenvalue weighted by atomic mass is 10.2. The maximum absolute atomic E-state index is 11.7. The number of carbonyl (C=O) groups excluding carboxylic acids is 1. The zero-order valence-electron chi connectivity index (χ0n) is 16.3. The van der Waals surface area contributed by atoms with Crippen molar-refractivity contribution in [1.82, 2.24) is 14.7 Å². The molecule has 0 N–H and O–H groups in total. The number of halogens is 1. The third kappa shape index (κ3) is 5.99. The first kappa shape index (κ1) is 20.2. The number of rotatable bonds is 6. The molecule has 0 spiro atoms. The van der Waals surface area contributed by atoms with Gasteiger partial charge in [0.25, 0.3) is 0 Å². The van der Waals surface area contributed by atoms with E-state index in [0.29, 0.717) is 6.61 Å². The number of nitrogens with zero attached hydrogens (tertiary/aromatic N) is 4. The van der Waals surface area contributed by atoms with E-state index in [1.165, 1.54) is 12.1 Å². The van der Waals surface area contributed by atoms with E-state index in [9.17, 15) is 4.79 Å². The van der Waals surface area contributed by atoms with Crippen LogP contribution in [-0.4, -0.2) is 92.8 Å². The Hall–Kier alpha value is -1.50. The molecule has 1 aromatic carbocycles. The van der Waals surface area contributed by atoms with Crippen LogP contribution in [0.15, 0.2) is 24.3 Å². The van der Waals surface area contributed by atoms with Gasteiger partial charge in [0, 0.05) is 63.1 Å². The number of anilines is 1. The lowest BCUT2D eigenvalue weighted by Crippen LogP contribution is -2.50. The molecule has 0 aromatic heterocycles. The van der Waals surface area contributed by atoms with Gasteiger partial charge in [0.1, 0.15) is 0 Å². The zero-order chi connectivity index (χ0) is 19.1. The van der Waals surface area contributed by atoms with Crippen LogP contribution in [0.2, 0.25) is 5.02 Å². The van der Waals surface area contributed by atoms with Gasteiger partial charge in [-0.3, -0.25) is 9.80 Å². The molecule has 0 unspecified atom stereocenters. The van der Waals surface area contributed by atoms with Gasteiger partial charge in [0.05, 0.1) is 6.61 Å². The number of piperazine rings is 2. The molecule has 3 rings (SSSR count). The van der Waals surface area contributed by atoms with Crippen molar-refractivity contribution in [3.8, 4) is 0 Å². The van der Waals surface area contributed by atoms with Crippen LogP contribution in [-0.2, 0) is 4.74 Å². The van der Waals surface area contributed by atoms with Crippen LogP contribution >= 0.6 is 11.6 Å². The maximum atomic E-state index is 11.7. The van der Waals surface area contributed by atoms with Gasteiger partial charge >= 0.3 is 6.09 Å². The van der Waals surface area contributed by atoms with Crippen molar-refractivity contribution in [2.75, 3.05) is 77.0 Å². The monoisotopic (exact) mass is 394 g/mol. The Bertz CT molecular complexity index is 599. The summed E-state index contributed by atoms with van der Waals surface area (Å²) in [6, 6.07) is 8.13. The quantitative estimate of drug-likeness (QED) is 0.741. The van der Waals surface area contributed by atoms with Gasteiger partial charge in [-0.15, -0.1) is 0 Å². The van der Waals surface area contributed by atoms with Crippen LogP contribution in [0.4, 0.5) is 10.5 Å². The number of carbonyl (C=O) groups is 1. The first-order chi connectivity index (χ1) is 13.2. The van der Waals surface area contributed by atoms with E-state index in [1.54, 1.807) is 0 Å². The Kier molecular flexibility index (Phi) is 7.61. The van der Waals surface area contributed by atoms with Gasteiger partial charge < -0.3 is 14.5 Å². The molecule has 2 aliphatic rings. The van der Waals surface area contributed by atoms with E-state index in [0.717, 1.165) is 70.5 Å². The van der Waals surface area contributed by atoms with Crippen LogP contribution < -0.4 is 4.90 Å². The van der Waals surface area contributed by atoms with Gasteiger partial charge in [0.15, 0.2) is 0 Å². The normalized spacial score (nSPS) is 19.3. The van der Waals surface area contributed by atoms with Crippen molar-refractivity contribution < 1.29 is 9.53 Å². The average molecular weight is 395 g/mol. The van der Waals surface area contributed by atoms with E-state index in [2.05, 4.69) is 20.8 Å². The molecule has 2 fully saturated rings. The Labute approximate surface area is 167 Å². The molecule has 0 saturated carbocycles. The molecule has 0 radical (unpaired) electrons. The molecule has 2 saturated heterocycles. The average Bonchev–Trinajstić information content (AvgIpc) is 2.69. The molecular weight excluding hydrogens is 364 g/mol. The van der Waals surface area contributed by atoms with Crippen molar-refractivity contribution in [1.29, 1.82) is 0 Å². The summed E-state index contributed by atoms with van der Waals surface area (Å²) in [5, 5.41) is 0.804. The molecule has 1 amide bonds. The molecule has 0 bridgehead atoms. The Balaban J connectivity index is 1.30. The second kappa shape index (κ2) is 10.2. The van der Waals surface area contributed by atoms with Crippen LogP contribution in [0.25, 0.3) is 0 Å². The predicted molar refractivity (Wildman–Crippen MR) is 110 cm³/mol. The van der Waals surface area contributed by atoms with Gasteiger partial charge in [0.2, 0.25) is 0 Å². The summed E-state index contributed by atoms with van der Waals surface area (Å²) in [6.07, 6.45) is 1.01. The van der Waals surface area contributed by atoms with Crippen LogP contribution in [0.5, 0.6) is 0 Å². The molecule has 2 aliphatic heterocycles. The molecule has 27 heavy (non-hydrogen) atoms. The van der Waals surface area contributed by atoms with Crippen molar-refractivity contribution in [3.63, 3.8) is 0 Å². The summed E-state index contributed by atoms with van der Waals surface area (Å²) >= 11 is 6.11. The number of ether oxygens (including phenoxy) is 1. The lowest BCUT2D eigenvalue weighted by Gasteiger charge is -2.37. The summed E-state index contributed by atoms with van der Waals surface area (Å²) < 4.78 is 5.07. The van der Waals surface area contributed by atoms with Crippen LogP contribution in [0.3, 0.4) is 0 Å². The van der Waals surface area contributed by atoms with Crippen LogP contribution in [0, 0.1) is 0 Å². The molecule has 0 aliphatic carbocycles. The summed E-state index contributed by atoms with van der Waals surface area (Å²) in [5.74, 6) is 0. The molecule has 6 nitrogen and oxygen atoms in total. The SMILES string of the molecule is CCOC(=O)N1CCN(CCCN2CCN(c3cccc(Cl)c3)CC2)CC1. The minimum atomic E-state index is -0.172. The highest BCUT2D eigenvalue weighted by Gasteiger charge is 2.22. The van der Waals surface area contributed by atoms with E-state index in [4.69, 9.17) is 16.3 Å². The smallest absolute Gasteiger partial charge is 0.409 e. The summed E-state index contributed by atoms with van der Waals surface area (Å²) in [6.45, 7) is 12.3. The topological polar surface area (TPSA) is 39.3 Å². The number of hydrogen-bond acceptors (Lipinski definition) is 5. The highest BCUT2D eigenvalue weighted by atomic mass is 35.5. The fourth-order valence-corrected chi connectivity index (χ4v) is 3.97. The molecular formula is C20H31ClN4O2. The molecule has 0 atom stereocenters. The van der Waals surface area contributed by atoms with E-state index >= 15 is 0 Å². The number of benzene rings is 1. The van der Waals surface area contributed by atoms with E-state index < -0.39 is 0 Å². The van der Waals surface area contributed by atoms with Crippen LogP contribution in [0.1, 0.15) is 13.3 Å². The minimum Gasteiger partial charge on any atom is -0.450 e. The highest BCUT2D eigenvalue weighted by molar-refractivity contribution is 6.30. The Morgan fingerprint density at radius 2 is 1.63 bits per heavy atom. The molecule has 1 aromatic rings. The second-order valence-electron chi connectivity index (χ2n) is 7.19. The summed E-state index contributed by atoms with van der Waals surface area (Å²) in [4.78, 5) is 21.0. The van der Waals surface area contributed by atoms with Crippen molar-refractivity contribution in [2.24, 2.45) is 0 Å². The molecule has 2 heterocycles. The summed E-state index contributed by atoms with van der Waals surface area (Å²) in [5.41, 5.74) is 1.22. The first-order valence-corrected chi connectivity index (χ1v) is 10.4. The standard InChI is InChI=1S/C20H31ClN4O2/c1-2-27-20(26)25-15-11-23(12-16-25)8-4-7-22-9-13-24(14-10-22)19-6-3-5-18(21)17-19/h3,5-6,17H,2,4,7-16H2,1H3. The first-order valence-electron chi connectivity index (χ1n) is 10.0. The fraction of sp³-hybridized carbons (Fsp3) is 0.650. The second-order valence-corrected chi connectivity index (χ2v) is 7.63. The third-order valence-corrected chi connectivity index (χ3v) is 5.63. The van der Waals surface area contributed by atoms with E-state index in [-0.39, 0.29) is 6.09 Å². The molecule has 150 valence electrons.